The molecule has 1 atom stereocenters. The fraction of sp³-hybridized carbons (Fsp3) is 0.143. The number of aromatic nitrogens is 1. The van der Waals surface area contributed by atoms with Crippen molar-refractivity contribution in [2.75, 3.05) is 10.7 Å². The Morgan fingerprint density at radius 2 is 2.20 bits per heavy atom. The molecule has 1 aromatic carbocycles. The van der Waals surface area contributed by atoms with Gasteiger partial charge in [0.2, 0.25) is 5.91 Å². The topological polar surface area (TPSA) is 33.2 Å². The molecule has 0 aliphatic carbocycles. The molecule has 2 aromatic rings. The highest BCUT2D eigenvalue weighted by Gasteiger charge is 2.34. The molecule has 0 saturated carbocycles. The molecule has 1 fully saturated rings. The number of halogens is 2. The maximum atomic E-state index is 12.1. The highest BCUT2D eigenvalue weighted by atomic mass is 79.9. The fourth-order valence-corrected chi connectivity index (χ4v) is 3.77. The summed E-state index contributed by atoms with van der Waals surface area (Å²) in [4.78, 5) is 18.1. The lowest BCUT2D eigenvalue weighted by atomic mass is 10.2. The summed E-state index contributed by atoms with van der Waals surface area (Å²) < 4.78 is 0.999. The first kappa shape index (κ1) is 13.9. The molecule has 0 N–H and O–H groups in total. The molecule has 1 aliphatic rings. The van der Waals surface area contributed by atoms with E-state index in [2.05, 4.69) is 20.9 Å². The van der Waals surface area contributed by atoms with Gasteiger partial charge in [0.1, 0.15) is 11.2 Å². The Hall–Kier alpha value is -1.04. The highest BCUT2D eigenvalue weighted by molar-refractivity contribution is 9.10. The summed E-state index contributed by atoms with van der Waals surface area (Å²) in [6, 6.07) is 11.5. The zero-order valence-electron chi connectivity index (χ0n) is 10.3. The summed E-state index contributed by atoms with van der Waals surface area (Å²) in [5, 5.41) is 0.515. The van der Waals surface area contributed by atoms with Crippen LogP contribution in [0.1, 0.15) is 10.9 Å². The number of anilines is 1. The molecule has 1 aliphatic heterocycles. The molecule has 6 heteroatoms. The predicted octanol–water partition coefficient (Wildman–Crippen LogP) is 4.28. The zero-order valence-corrected chi connectivity index (χ0v) is 13.5. The van der Waals surface area contributed by atoms with Crippen LogP contribution in [-0.2, 0) is 4.79 Å². The van der Waals surface area contributed by atoms with E-state index >= 15 is 0 Å². The molecule has 1 amide bonds. The van der Waals surface area contributed by atoms with Crippen LogP contribution in [0.5, 0.6) is 0 Å². The van der Waals surface area contributed by atoms with Crippen molar-refractivity contribution in [2.45, 2.75) is 5.37 Å². The number of carbonyl (C=O) groups excluding carboxylic acids is 1. The van der Waals surface area contributed by atoms with Gasteiger partial charge >= 0.3 is 0 Å². The van der Waals surface area contributed by atoms with Crippen LogP contribution in [0, 0.1) is 0 Å². The lowest BCUT2D eigenvalue weighted by Gasteiger charge is -2.23. The number of carbonyl (C=O) groups is 1. The molecule has 3 nitrogen and oxygen atoms in total. The summed E-state index contributed by atoms with van der Waals surface area (Å²) in [5.74, 6) is 1.16. The maximum Gasteiger partial charge on any atom is 0.239 e. The molecule has 0 spiro atoms. The van der Waals surface area contributed by atoms with Gasteiger partial charge in [0, 0.05) is 10.7 Å². The third-order valence-electron chi connectivity index (χ3n) is 2.96. The highest BCUT2D eigenvalue weighted by Crippen LogP contribution is 2.41. The van der Waals surface area contributed by atoms with Crippen molar-refractivity contribution in [3.63, 3.8) is 0 Å². The molecule has 3 rings (SSSR count). The Labute approximate surface area is 134 Å². The van der Waals surface area contributed by atoms with Gasteiger partial charge in [-0.05, 0) is 29.8 Å². The Morgan fingerprint density at radius 1 is 1.35 bits per heavy atom. The van der Waals surface area contributed by atoms with Crippen molar-refractivity contribution in [1.82, 2.24) is 4.98 Å². The van der Waals surface area contributed by atoms with E-state index in [0.29, 0.717) is 16.6 Å². The number of nitrogens with zero attached hydrogens (tertiary/aromatic N) is 2. The van der Waals surface area contributed by atoms with Crippen LogP contribution in [0.25, 0.3) is 0 Å². The number of hydrogen-bond acceptors (Lipinski definition) is 3. The van der Waals surface area contributed by atoms with Crippen molar-refractivity contribution < 1.29 is 4.79 Å². The molecule has 20 heavy (non-hydrogen) atoms. The lowest BCUT2D eigenvalue weighted by molar-refractivity contribution is -0.115. The van der Waals surface area contributed by atoms with Gasteiger partial charge in [0.05, 0.1) is 10.8 Å². The van der Waals surface area contributed by atoms with Crippen LogP contribution in [0.15, 0.2) is 47.1 Å². The van der Waals surface area contributed by atoms with E-state index in [9.17, 15) is 4.79 Å². The first-order valence-corrected chi connectivity index (χ1v) is 8.18. The second-order valence-corrected chi connectivity index (χ2v) is 6.74. The minimum absolute atomic E-state index is 0.0475. The van der Waals surface area contributed by atoms with E-state index < -0.39 is 0 Å². The normalized spacial score (nSPS) is 18.6. The second-order valence-electron chi connectivity index (χ2n) is 4.32. The largest absolute Gasteiger partial charge is 0.279 e. The summed E-state index contributed by atoms with van der Waals surface area (Å²) in [7, 11) is 0. The average Bonchev–Trinajstić information content (AvgIpc) is 2.82. The SMILES string of the molecule is O=C1CSC(c2cccc(Br)c2)N1c1ccc(Cl)cn1. The molecule has 1 unspecified atom stereocenters. The standard InChI is InChI=1S/C14H10BrClN2OS/c15-10-3-1-2-9(6-10)14-18(13(19)8-20-14)12-5-4-11(16)7-17-12/h1-7,14H,8H2. The number of benzene rings is 1. The van der Waals surface area contributed by atoms with Crippen LogP contribution in [0.4, 0.5) is 5.82 Å². The number of amides is 1. The first-order chi connectivity index (χ1) is 9.65. The molecule has 1 saturated heterocycles. The Bertz CT molecular complexity index is 650. The summed E-state index contributed by atoms with van der Waals surface area (Å²) in [6.45, 7) is 0. The van der Waals surface area contributed by atoms with E-state index in [-0.39, 0.29) is 11.3 Å². The van der Waals surface area contributed by atoms with Gasteiger partial charge in [0.15, 0.2) is 0 Å². The summed E-state index contributed by atoms with van der Waals surface area (Å²) in [6.07, 6.45) is 1.56. The third kappa shape index (κ3) is 2.71. The first-order valence-electron chi connectivity index (χ1n) is 5.96. The molecule has 0 bridgehead atoms. The third-order valence-corrected chi connectivity index (χ3v) is 4.89. The molecule has 0 radical (unpaired) electrons. The Balaban J connectivity index is 1.98. The van der Waals surface area contributed by atoms with Crippen LogP contribution in [0.2, 0.25) is 5.02 Å². The molecular weight excluding hydrogens is 360 g/mol. The molecular formula is C14H10BrClN2OS. The minimum atomic E-state index is -0.0475. The van der Waals surface area contributed by atoms with Crippen LogP contribution in [0.3, 0.4) is 0 Å². The Kier molecular flexibility index (Phi) is 4.01. The predicted molar refractivity (Wildman–Crippen MR) is 86.1 cm³/mol. The monoisotopic (exact) mass is 368 g/mol. The fourth-order valence-electron chi connectivity index (χ4n) is 2.09. The zero-order chi connectivity index (χ0) is 14.1. The lowest BCUT2D eigenvalue weighted by Crippen LogP contribution is -2.28. The van der Waals surface area contributed by atoms with Gasteiger partial charge in [-0.15, -0.1) is 11.8 Å². The van der Waals surface area contributed by atoms with E-state index in [1.807, 2.05) is 24.3 Å². The average molecular weight is 370 g/mol. The van der Waals surface area contributed by atoms with E-state index in [1.165, 1.54) is 0 Å². The van der Waals surface area contributed by atoms with Gasteiger partial charge in [-0.1, -0.05) is 39.7 Å². The second kappa shape index (κ2) is 5.76. The maximum absolute atomic E-state index is 12.1. The van der Waals surface area contributed by atoms with Crippen LogP contribution in [-0.4, -0.2) is 16.6 Å². The smallest absolute Gasteiger partial charge is 0.239 e. The number of thioether (sulfide) groups is 1. The van der Waals surface area contributed by atoms with E-state index in [1.54, 1.807) is 35.0 Å². The van der Waals surface area contributed by atoms with Crippen molar-refractivity contribution in [3.05, 3.63) is 57.7 Å². The summed E-state index contributed by atoms with van der Waals surface area (Å²) >= 11 is 10.9. The van der Waals surface area contributed by atoms with Crippen molar-refractivity contribution in [1.29, 1.82) is 0 Å². The van der Waals surface area contributed by atoms with E-state index in [0.717, 1.165) is 10.0 Å². The Morgan fingerprint density at radius 3 is 2.90 bits per heavy atom. The number of rotatable bonds is 2. The molecule has 2 heterocycles. The van der Waals surface area contributed by atoms with Crippen molar-refractivity contribution in [3.8, 4) is 0 Å². The number of pyridine rings is 1. The van der Waals surface area contributed by atoms with Crippen molar-refractivity contribution in [2.24, 2.45) is 0 Å². The van der Waals surface area contributed by atoms with E-state index in [4.69, 9.17) is 11.6 Å². The molecule has 1 aromatic heterocycles. The van der Waals surface area contributed by atoms with Crippen LogP contribution < -0.4 is 4.90 Å². The number of hydrogen-bond donors (Lipinski definition) is 0. The van der Waals surface area contributed by atoms with Gasteiger partial charge in [-0.25, -0.2) is 4.98 Å². The minimum Gasteiger partial charge on any atom is -0.279 e. The van der Waals surface area contributed by atoms with Crippen molar-refractivity contribution >= 4 is 51.0 Å². The van der Waals surface area contributed by atoms with Gasteiger partial charge in [0.25, 0.3) is 0 Å². The van der Waals surface area contributed by atoms with Gasteiger partial charge in [-0.3, -0.25) is 9.69 Å². The quantitative estimate of drug-likeness (QED) is 0.792. The van der Waals surface area contributed by atoms with Crippen LogP contribution >= 0.6 is 39.3 Å². The van der Waals surface area contributed by atoms with Gasteiger partial charge in [-0.2, -0.15) is 0 Å². The molecule has 102 valence electrons. The summed E-state index contributed by atoms with van der Waals surface area (Å²) in [5.41, 5.74) is 1.08. The van der Waals surface area contributed by atoms with Gasteiger partial charge < -0.3 is 0 Å².